The number of halogens is 1. The number of nitrogens with one attached hydrogen (secondary N) is 1. The Labute approximate surface area is 179 Å². The van der Waals surface area contributed by atoms with Crippen LogP contribution in [0.15, 0.2) is 85.2 Å². The summed E-state index contributed by atoms with van der Waals surface area (Å²) in [6.45, 7) is 0.294. The Morgan fingerprint density at radius 2 is 1.90 bits per heavy atom. The van der Waals surface area contributed by atoms with Gasteiger partial charge in [-0.05, 0) is 45.8 Å². The van der Waals surface area contributed by atoms with E-state index in [0.29, 0.717) is 12.1 Å². The lowest BCUT2D eigenvalue weighted by Crippen LogP contribution is -2.27. The van der Waals surface area contributed by atoms with E-state index in [1.54, 1.807) is 54.9 Å². The average molecular weight is 412 g/mol. The fourth-order valence-corrected chi connectivity index (χ4v) is 4.21. The molecule has 31 heavy (non-hydrogen) atoms. The summed E-state index contributed by atoms with van der Waals surface area (Å²) in [5.41, 5.74) is 1.76. The number of phenolic OH excluding ortho intramolecular Hbond substituents is 1. The maximum absolute atomic E-state index is 15.1. The van der Waals surface area contributed by atoms with Gasteiger partial charge in [-0.15, -0.1) is 0 Å². The molecule has 0 bridgehead atoms. The van der Waals surface area contributed by atoms with Crippen LogP contribution in [0.3, 0.4) is 0 Å². The Kier molecular flexibility index (Phi) is 4.66. The quantitative estimate of drug-likeness (QED) is 0.479. The molecule has 2 unspecified atom stereocenters. The van der Waals surface area contributed by atoms with Crippen LogP contribution in [-0.2, 0) is 17.0 Å². The highest BCUT2D eigenvalue weighted by atomic mass is 19.1. The summed E-state index contributed by atoms with van der Waals surface area (Å²) in [4.78, 5) is 16.9. The molecule has 1 amide bonds. The Morgan fingerprint density at radius 3 is 2.71 bits per heavy atom. The van der Waals surface area contributed by atoms with Crippen LogP contribution < -0.4 is 5.32 Å². The number of carbonyl (C=O) groups is 1. The number of benzene rings is 3. The highest BCUT2D eigenvalue weighted by Gasteiger charge is 2.60. The summed E-state index contributed by atoms with van der Waals surface area (Å²) in [6, 6.07) is 21.8. The summed E-state index contributed by atoms with van der Waals surface area (Å²) in [6.07, 6.45) is 3.70. The van der Waals surface area contributed by atoms with Crippen molar-refractivity contribution in [1.82, 2.24) is 10.3 Å². The molecule has 1 saturated carbocycles. The number of nitrogens with zero attached hydrogens (tertiary/aromatic N) is 1. The molecule has 3 aromatic carbocycles. The van der Waals surface area contributed by atoms with Gasteiger partial charge in [-0.25, -0.2) is 4.39 Å². The summed E-state index contributed by atoms with van der Waals surface area (Å²) >= 11 is 0. The van der Waals surface area contributed by atoms with Gasteiger partial charge in [0.1, 0.15) is 11.4 Å². The second-order valence-corrected chi connectivity index (χ2v) is 7.95. The topological polar surface area (TPSA) is 62.2 Å². The first kappa shape index (κ1) is 19.2. The number of pyridine rings is 1. The van der Waals surface area contributed by atoms with Crippen molar-refractivity contribution >= 4 is 16.7 Å². The maximum atomic E-state index is 15.1. The zero-order chi connectivity index (χ0) is 21.4. The number of fused-ring (bicyclic) bond motifs is 1. The summed E-state index contributed by atoms with van der Waals surface area (Å²) in [5, 5.41) is 14.6. The van der Waals surface area contributed by atoms with Gasteiger partial charge in [0.05, 0.1) is 5.92 Å². The minimum Gasteiger partial charge on any atom is -0.508 e. The molecular weight excluding hydrogens is 391 g/mol. The molecule has 5 rings (SSSR count). The first-order valence-electron chi connectivity index (χ1n) is 10.2. The van der Waals surface area contributed by atoms with Gasteiger partial charge in [0.2, 0.25) is 5.91 Å². The van der Waals surface area contributed by atoms with Gasteiger partial charge < -0.3 is 10.4 Å². The molecule has 1 aromatic heterocycles. The second-order valence-electron chi connectivity index (χ2n) is 7.95. The monoisotopic (exact) mass is 412 g/mol. The summed E-state index contributed by atoms with van der Waals surface area (Å²) in [5.74, 6) is -0.736. The van der Waals surface area contributed by atoms with E-state index >= 15 is 4.39 Å². The molecule has 154 valence electrons. The molecule has 1 fully saturated rings. The van der Waals surface area contributed by atoms with Crippen molar-refractivity contribution in [1.29, 1.82) is 0 Å². The second kappa shape index (κ2) is 7.51. The number of aromatic hydroxyl groups is 1. The third-order valence-electron chi connectivity index (χ3n) is 5.98. The van der Waals surface area contributed by atoms with E-state index in [9.17, 15) is 9.90 Å². The Balaban J connectivity index is 1.37. The number of hydrogen-bond donors (Lipinski definition) is 2. The van der Waals surface area contributed by atoms with Gasteiger partial charge in [-0.1, -0.05) is 54.6 Å². The van der Waals surface area contributed by atoms with Crippen LogP contribution >= 0.6 is 0 Å². The summed E-state index contributed by atoms with van der Waals surface area (Å²) < 4.78 is 15.1. The molecule has 2 N–H and O–H groups in total. The van der Waals surface area contributed by atoms with Crippen molar-refractivity contribution in [3.05, 3.63) is 96.3 Å². The molecule has 0 saturated heterocycles. The molecule has 0 spiro atoms. The number of carbonyl (C=O) groups excluding carboxylic acids is 1. The SMILES string of the molecule is O=C(NCc1ccc(-c2cccc(O)c2)c2ccncc12)C1CC1(F)c1ccccc1. The van der Waals surface area contributed by atoms with E-state index in [1.165, 1.54) is 0 Å². The smallest absolute Gasteiger partial charge is 0.227 e. The van der Waals surface area contributed by atoms with E-state index in [-0.39, 0.29) is 18.1 Å². The number of amides is 1. The first-order valence-corrected chi connectivity index (χ1v) is 10.2. The van der Waals surface area contributed by atoms with Gasteiger partial charge in [0.15, 0.2) is 0 Å². The fourth-order valence-electron chi connectivity index (χ4n) is 4.21. The third kappa shape index (κ3) is 3.52. The maximum Gasteiger partial charge on any atom is 0.227 e. The number of alkyl halides is 1. The van der Waals surface area contributed by atoms with E-state index in [1.807, 2.05) is 30.3 Å². The zero-order valence-electron chi connectivity index (χ0n) is 16.8. The van der Waals surface area contributed by atoms with Gasteiger partial charge in [0, 0.05) is 30.7 Å². The lowest BCUT2D eigenvalue weighted by molar-refractivity contribution is -0.123. The van der Waals surface area contributed by atoms with Crippen LogP contribution in [0.25, 0.3) is 21.9 Å². The average Bonchev–Trinajstić information content (AvgIpc) is 3.51. The lowest BCUT2D eigenvalue weighted by Gasteiger charge is -2.13. The van der Waals surface area contributed by atoms with Gasteiger partial charge in [-0.2, -0.15) is 0 Å². The largest absolute Gasteiger partial charge is 0.508 e. The lowest BCUT2D eigenvalue weighted by atomic mass is 9.96. The number of hydrogen-bond acceptors (Lipinski definition) is 3. The van der Waals surface area contributed by atoms with Crippen LogP contribution in [0.5, 0.6) is 5.75 Å². The Bertz CT molecular complexity index is 1270. The fraction of sp³-hybridized carbons (Fsp3) is 0.154. The van der Waals surface area contributed by atoms with Crippen LogP contribution in [0.4, 0.5) is 4.39 Å². The number of rotatable bonds is 5. The predicted molar refractivity (Wildman–Crippen MR) is 118 cm³/mol. The Hall–Kier alpha value is -3.73. The Morgan fingerprint density at radius 1 is 1.06 bits per heavy atom. The number of aromatic nitrogens is 1. The third-order valence-corrected chi connectivity index (χ3v) is 5.98. The zero-order valence-corrected chi connectivity index (χ0v) is 16.8. The van der Waals surface area contributed by atoms with E-state index in [2.05, 4.69) is 10.3 Å². The number of phenols is 1. The molecular formula is C26H21FN2O2. The summed E-state index contributed by atoms with van der Waals surface area (Å²) in [7, 11) is 0. The van der Waals surface area contributed by atoms with Gasteiger partial charge in [0.25, 0.3) is 0 Å². The van der Waals surface area contributed by atoms with Crippen LogP contribution in [0, 0.1) is 5.92 Å². The molecule has 2 atom stereocenters. The molecule has 0 radical (unpaired) electrons. The normalized spacial score (nSPS) is 19.8. The van der Waals surface area contributed by atoms with Crippen LogP contribution in [0.1, 0.15) is 17.5 Å². The molecule has 1 aliphatic carbocycles. The van der Waals surface area contributed by atoms with E-state index in [0.717, 1.165) is 27.5 Å². The predicted octanol–water partition coefficient (Wildman–Crippen LogP) is 5.11. The van der Waals surface area contributed by atoms with Crippen molar-refractivity contribution in [2.24, 2.45) is 5.92 Å². The highest BCUT2D eigenvalue weighted by Crippen LogP contribution is 2.55. The minimum atomic E-state index is -1.58. The van der Waals surface area contributed by atoms with Crippen molar-refractivity contribution in [2.45, 2.75) is 18.6 Å². The molecule has 4 aromatic rings. The van der Waals surface area contributed by atoms with Crippen molar-refractivity contribution in [2.75, 3.05) is 0 Å². The standard InChI is InChI=1S/C26H21FN2O2/c27-26(19-6-2-1-3-7-19)14-24(26)25(31)29-15-18-9-10-21(17-5-4-8-20(30)13-17)22-11-12-28-16-23(18)22/h1-13,16,24,30H,14-15H2,(H,29,31). The molecule has 1 heterocycles. The van der Waals surface area contributed by atoms with E-state index in [4.69, 9.17) is 0 Å². The van der Waals surface area contributed by atoms with Gasteiger partial charge >= 0.3 is 0 Å². The van der Waals surface area contributed by atoms with Crippen LogP contribution in [-0.4, -0.2) is 16.0 Å². The van der Waals surface area contributed by atoms with Crippen molar-refractivity contribution in [3.63, 3.8) is 0 Å². The van der Waals surface area contributed by atoms with E-state index < -0.39 is 11.6 Å². The minimum absolute atomic E-state index is 0.202. The van der Waals surface area contributed by atoms with Gasteiger partial charge in [-0.3, -0.25) is 9.78 Å². The molecule has 1 aliphatic rings. The van der Waals surface area contributed by atoms with Crippen molar-refractivity contribution in [3.8, 4) is 16.9 Å². The first-order chi connectivity index (χ1) is 15.1. The van der Waals surface area contributed by atoms with Crippen LogP contribution in [0.2, 0.25) is 0 Å². The highest BCUT2D eigenvalue weighted by molar-refractivity contribution is 5.98. The molecule has 4 nitrogen and oxygen atoms in total. The molecule has 0 aliphatic heterocycles. The van der Waals surface area contributed by atoms with Crippen molar-refractivity contribution < 1.29 is 14.3 Å². The molecule has 5 heteroatoms.